The van der Waals surface area contributed by atoms with Crippen LogP contribution in [0, 0.1) is 0 Å². The van der Waals surface area contributed by atoms with Gasteiger partial charge in [0.2, 0.25) is 0 Å². The van der Waals surface area contributed by atoms with E-state index in [1.165, 1.54) is 82.6 Å². The molecule has 1 unspecified atom stereocenters. The molecule has 3 aromatic rings. The van der Waals surface area contributed by atoms with Crippen molar-refractivity contribution in [2.45, 2.75) is 90.0 Å². The number of hydrogen-bond donors (Lipinski definition) is 2. The van der Waals surface area contributed by atoms with E-state index in [1.807, 2.05) is 18.2 Å². The third-order valence-corrected chi connectivity index (χ3v) is 8.83. The summed E-state index contributed by atoms with van der Waals surface area (Å²) in [5.41, 5.74) is 9.26. The number of hydrogen-bond acceptors (Lipinski definition) is 3. The topological polar surface area (TPSA) is 60.6 Å². The minimum Gasteiger partial charge on any atom is -0.367 e. The Labute approximate surface area is 262 Å². The number of allylic oxidation sites excluding steroid dienone is 2. The van der Waals surface area contributed by atoms with Crippen molar-refractivity contribution in [3.63, 3.8) is 0 Å². The van der Waals surface area contributed by atoms with Crippen molar-refractivity contribution < 1.29 is 0 Å². The van der Waals surface area contributed by atoms with Crippen LogP contribution in [0.5, 0.6) is 0 Å². The monoisotopic (exact) mass is 585 g/mol. The number of H-pyrrole nitrogens is 2. The van der Waals surface area contributed by atoms with Gasteiger partial charge in [-0.05, 0) is 85.5 Å². The summed E-state index contributed by atoms with van der Waals surface area (Å²) >= 11 is 0. The summed E-state index contributed by atoms with van der Waals surface area (Å²) in [7, 11) is 0. The third-order valence-electron chi connectivity index (χ3n) is 8.83. The van der Waals surface area contributed by atoms with Gasteiger partial charge in [0.25, 0.3) is 0 Å². The molecule has 0 saturated carbocycles. The van der Waals surface area contributed by atoms with E-state index in [2.05, 4.69) is 94.8 Å². The van der Waals surface area contributed by atoms with Crippen molar-refractivity contribution in [1.29, 1.82) is 0 Å². The van der Waals surface area contributed by atoms with Crippen LogP contribution in [0.3, 0.4) is 0 Å². The highest BCUT2D eigenvalue weighted by molar-refractivity contribution is 5.78. The van der Waals surface area contributed by atoms with Gasteiger partial charge in [0.1, 0.15) is 0 Å². The smallest absolute Gasteiger partial charge is 0.0745 e. The van der Waals surface area contributed by atoms with Crippen LogP contribution in [0.15, 0.2) is 66.9 Å². The average Bonchev–Trinajstić information content (AvgIpc) is 3.84. The minimum atomic E-state index is 0.180. The second-order valence-corrected chi connectivity index (χ2v) is 12.4. The normalized spacial score (nSPS) is 15.5. The van der Waals surface area contributed by atoms with Gasteiger partial charge < -0.3 is 14.9 Å². The maximum atomic E-state index is 4.89. The van der Waals surface area contributed by atoms with Crippen LogP contribution in [0.25, 0.3) is 46.4 Å². The molecule has 2 N–H and O–H groups in total. The maximum absolute atomic E-state index is 4.89. The first-order valence-corrected chi connectivity index (χ1v) is 16.9. The lowest BCUT2D eigenvalue weighted by molar-refractivity contribution is 0.312. The van der Waals surface area contributed by atoms with Crippen LogP contribution in [0.4, 0.5) is 0 Å². The Morgan fingerprint density at radius 1 is 0.591 bits per heavy atom. The predicted molar refractivity (Wildman–Crippen MR) is 188 cm³/mol. The van der Waals surface area contributed by atoms with Gasteiger partial charge in [0.15, 0.2) is 0 Å². The maximum Gasteiger partial charge on any atom is 0.0745 e. The summed E-state index contributed by atoms with van der Waals surface area (Å²) in [6.45, 7) is 3.35. The Kier molecular flexibility index (Phi) is 10.2. The van der Waals surface area contributed by atoms with Gasteiger partial charge in [0, 0.05) is 34.2 Å². The number of aromatic amines is 2. The molecule has 0 amide bonds. The van der Waals surface area contributed by atoms with Crippen LogP contribution >= 0.6 is 0 Å². The first kappa shape index (κ1) is 29.9. The number of rotatable bonds is 14. The van der Waals surface area contributed by atoms with Crippen LogP contribution in [-0.2, 0) is 0 Å². The van der Waals surface area contributed by atoms with Gasteiger partial charge in [-0.25, -0.2) is 9.97 Å². The molecule has 0 aliphatic carbocycles. The Morgan fingerprint density at radius 2 is 1.18 bits per heavy atom. The molecule has 0 aromatic carbocycles. The first-order valence-electron chi connectivity index (χ1n) is 16.9. The molecule has 3 aliphatic heterocycles. The molecule has 0 saturated heterocycles. The van der Waals surface area contributed by atoms with Gasteiger partial charge >= 0.3 is 0 Å². The summed E-state index contributed by atoms with van der Waals surface area (Å²) in [6, 6.07) is 15.2. The quantitative estimate of drug-likeness (QED) is 0.127. The lowest BCUT2D eigenvalue weighted by Crippen LogP contribution is -2.24. The van der Waals surface area contributed by atoms with Gasteiger partial charge in [-0.1, -0.05) is 89.7 Å². The Bertz CT molecular complexity index is 1680. The molecule has 0 radical (unpaired) electrons. The highest BCUT2D eigenvalue weighted by Crippen LogP contribution is 2.31. The molecule has 5 heteroatoms. The van der Waals surface area contributed by atoms with E-state index in [-0.39, 0.29) is 6.04 Å². The van der Waals surface area contributed by atoms with Crippen LogP contribution in [-0.4, -0.2) is 31.4 Å². The fourth-order valence-corrected chi connectivity index (χ4v) is 6.45. The van der Waals surface area contributed by atoms with Crippen molar-refractivity contribution in [2.24, 2.45) is 0 Å². The zero-order valence-corrected chi connectivity index (χ0v) is 26.3. The summed E-state index contributed by atoms with van der Waals surface area (Å²) in [5.74, 6) is 0. The zero-order valence-electron chi connectivity index (χ0n) is 26.3. The second-order valence-electron chi connectivity index (χ2n) is 12.4. The zero-order chi connectivity index (χ0) is 30.0. The number of nitrogens with zero attached hydrogens (tertiary/aromatic N) is 3. The number of aromatic nitrogens is 4. The molecule has 6 rings (SSSR count). The van der Waals surface area contributed by atoms with Crippen molar-refractivity contribution in [2.75, 3.05) is 6.54 Å². The van der Waals surface area contributed by atoms with E-state index < -0.39 is 0 Å². The lowest BCUT2D eigenvalue weighted by Gasteiger charge is -2.30. The van der Waals surface area contributed by atoms with Crippen LogP contribution in [0.2, 0.25) is 0 Å². The molecule has 5 nitrogen and oxygen atoms in total. The lowest BCUT2D eigenvalue weighted by atomic mass is 10.0. The number of fused-ring (bicyclic) bond motifs is 8. The van der Waals surface area contributed by atoms with E-state index in [4.69, 9.17) is 9.97 Å². The molecule has 3 aliphatic rings. The van der Waals surface area contributed by atoms with Gasteiger partial charge in [0.05, 0.1) is 28.8 Å². The SMILES string of the molecule is CCCCCCCCCCCCCCN1C=CC=CC1c1cc2cc3ccc(cc4nc(cc5nc(cc1[nH]2)C=C5)C=C4)[nH]3. The van der Waals surface area contributed by atoms with E-state index in [1.54, 1.807) is 0 Å². The van der Waals surface area contributed by atoms with E-state index >= 15 is 0 Å². The van der Waals surface area contributed by atoms with Crippen molar-refractivity contribution in [3.05, 3.63) is 95.2 Å². The summed E-state index contributed by atoms with van der Waals surface area (Å²) in [5, 5.41) is 0. The molecule has 228 valence electrons. The predicted octanol–water partition coefficient (Wildman–Crippen LogP) is 10.8. The molecule has 3 aromatic heterocycles. The molecule has 1 atom stereocenters. The highest BCUT2D eigenvalue weighted by Gasteiger charge is 2.19. The second kappa shape index (κ2) is 15.1. The van der Waals surface area contributed by atoms with E-state index in [9.17, 15) is 0 Å². The van der Waals surface area contributed by atoms with E-state index in [0.717, 1.165) is 51.4 Å². The number of unbranched alkanes of at least 4 members (excludes halogenated alkanes) is 11. The highest BCUT2D eigenvalue weighted by atomic mass is 15.1. The minimum absolute atomic E-state index is 0.180. The largest absolute Gasteiger partial charge is 0.367 e. The molecular formula is C39H47N5. The van der Waals surface area contributed by atoms with Gasteiger partial charge in [-0.15, -0.1) is 0 Å². The fraction of sp³-hybridized carbons (Fsp3) is 0.385. The van der Waals surface area contributed by atoms with Crippen molar-refractivity contribution in [3.8, 4) is 0 Å². The molecule has 8 bridgehead atoms. The van der Waals surface area contributed by atoms with Crippen molar-refractivity contribution >= 4 is 46.4 Å². The molecule has 0 spiro atoms. The van der Waals surface area contributed by atoms with Crippen LogP contribution in [0.1, 0.15) is 118 Å². The Hall–Kier alpha value is -4.12. The van der Waals surface area contributed by atoms with Gasteiger partial charge in [-0.2, -0.15) is 0 Å². The molecule has 44 heavy (non-hydrogen) atoms. The molecular weight excluding hydrogens is 538 g/mol. The summed E-state index contributed by atoms with van der Waals surface area (Å²) in [6.07, 6.45) is 33.6. The molecule has 6 heterocycles. The Morgan fingerprint density at radius 3 is 1.86 bits per heavy atom. The van der Waals surface area contributed by atoms with Crippen LogP contribution < -0.4 is 0 Å². The standard InChI is InChI=1S/C39H47N5/c1-2-3-4-5-6-7-8-9-10-11-12-14-23-44-24-15-13-16-39(44)37-28-36-27-34-20-19-32(41-34)25-30-17-18-31(40-30)26-33-21-22-35(42-33)29-38(37)43-36/h13,15-22,24-29,39,41,43H,2-12,14,23H2,1H3. The molecule has 0 fully saturated rings. The average molecular weight is 586 g/mol. The number of nitrogens with one attached hydrogen (secondary N) is 2. The Balaban J connectivity index is 1.17. The van der Waals surface area contributed by atoms with Gasteiger partial charge in [-0.3, -0.25) is 0 Å². The third kappa shape index (κ3) is 8.07. The summed E-state index contributed by atoms with van der Waals surface area (Å²) < 4.78 is 0. The van der Waals surface area contributed by atoms with Crippen molar-refractivity contribution in [1.82, 2.24) is 24.8 Å². The first-order chi connectivity index (χ1) is 21.7. The van der Waals surface area contributed by atoms with E-state index in [0.29, 0.717) is 0 Å². The fourth-order valence-electron chi connectivity index (χ4n) is 6.45. The summed E-state index contributed by atoms with van der Waals surface area (Å²) in [4.78, 5) is 19.4.